The van der Waals surface area contributed by atoms with Crippen molar-refractivity contribution in [2.45, 2.75) is 19.9 Å². The van der Waals surface area contributed by atoms with Crippen molar-refractivity contribution in [2.24, 2.45) is 0 Å². The van der Waals surface area contributed by atoms with Gasteiger partial charge in [-0.25, -0.2) is 0 Å². The smallest absolute Gasteiger partial charge is 0.253 e. The zero-order valence-corrected chi connectivity index (χ0v) is 20.4. The highest BCUT2D eigenvalue weighted by atomic mass is 16.2. The fourth-order valence-corrected chi connectivity index (χ4v) is 4.83. The number of nitrogens with one attached hydrogen (secondary N) is 1. The van der Waals surface area contributed by atoms with Crippen LogP contribution in [0.3, 0.4) is 0 Å². The van der Waals surface area contributed by atoms with Crippen LogP contribution in [0.1, 0.15) is 31.8 Å². The molecule has 2 heterocycles. The topological polar surface area (TPSA) is 55.9 Å². The molecule has 2 aliphatic heterocycles. The van der Waals surface area contributed by atoms with Crippen LogP contribution in [0.25, 0.3) is 0 Å². The van der Waals surface area contributed by atoms with Gasteiger partial charge in [-0.1, -0.05) is 30.3 Å². The molecule has 2 aliphatic rings. The lowest BCUT2D eigenvalue weighted by Crippen LogP contribution is -2.64. The van der Waals surface area contributed by atoms with Crippen LogP contribution in [0.4, 0.5) is 11.4 Å². The van der Waals surface area contributed by atoms with Crippen LogP contribution < -0.4 is 5.32 Å². The molecule has 0 aromatic heterocycles. The maximum atomic E-state index is 13.0. The lowest BCUT2D eigenvalue weighted by molar-refractivity contribution is 0.00854. The molecule has 5 rings (SSSR count). The average molecular weight is 469 g/mol. The number of aryl methyl sites for hydroxylation is 1. The number of benzene rings is 3. The summed E-state index contributed by atoms with van der Waals surface area (Å²) in [6, 6.07) is 23.8. The Morgan fingerprint density at radius 1 is 0.714 bits per heavy atom. The first-order valence-electron chi connectivity index (χ1n) is 12.3. The van der Waals surface area contributed by atoms with E-state index in [4.69, 9.17) is 0 Å². The van der Waals surface area contributed by atoms with Gasteiger partial charge in [0.25, 0.3) is 11.8 Å². The van der Waals surface area contributed by atoms with E-state index in [2.05, 4.69) is 36.2 Å². The molecule has 0 aliphatic carbocycles. The first-order valence-corrected chi connectivity index (χ1v) is 12.3. The summed E-state index contributed by atoms with van der Waals surface area (Å²) in [6.07, 6.45) is 0. The van der Waals surface area contributed by atoms with Crippen molar-refractivity contribution in [1.82, 2.24) is 14.7 Å². The Bertz CT molecular complexity index is 1200. The predicted octanol–water partition coefficient (Wildman–Crippen LogP) is 4.33. The minimum Gasteiger partial charge on any atom is -0.355 e. The fraction of sp³-hybridized carbons (Fsp3) is 0.310. The van der Waals surface area contributed by atoms with Gasteiger partial charge in [0.2, 0.25) is 0 Å². The summed E-state index contributed by atoms with van der Waals surface area (Å²) in [5.41, 5.74) is 5.99. The van der Waals surface area contributed by atoms with E-state index in [-0.39, 0.29) is 11.8 Å². The lowest BCUT2D eigenvalue weighted by Gasteiger charge is -2.48. The molecule has 2 fully saturated rings. The number of carbonyl (C=O) groups excluding carboxylic acids is 2. The zero-order valence-electron chi connectivity index (χ0n) is 20.4. The number of anilines is 2. The molecule has 3 aromatic rings. The summed E-state index contributed by atoms with van der Waals surface area (Å²) in [5, 5.41) is 3.45. The van der Waals surface area contributed by atoms with E-state index in [9.17, 15) is 9.59 Å². The molecule has 0 bridgehead atoms. The molecule has 0 atom stereocenters. The van der Waals surface area contributed by atoms with E-state index < -0.39 is 0 Å². The Morgan fingerprint density at radius 2 is 1.34 bits per heavy atom. The third kappa shape index (κ3) is 4.93. The third-order valence-corrected chi connectivity index (χ3v) is 7.30. The monoisotopic (exact) mass is 468 g/mol. The molecule has 1 N–H and O–H groups in total. The van der Waals surface area contributed by atoms with Gasteiger partial charge in [-0.15, -0.1) is 0 Å². The van der Waals surface area contributed by atoms with Crippen molar-refractivity contribution in [2.75, 3.05) is 44.6 Å². The first-order chi connectivity index (χ1) is 17.0. The van der Waals surface area contributed by atoms with E-state index in [0.717, 1.165) is 56.2 Å². The second kappa shape index (κ2) is 9.92. The highest BCUT2D eigenvalue weighted by molar-refractivity contribution is 5.95. The standard InChI is InChI=1S/C29H32N4O2/c1-21-7-6-10-27(22(21)2)30-25-13-11-24(12-14-25)29(35)33-19-26(20-33)31-15-17-32(18-16-31)28(34)23-8-4-3-5-9-23/h3-14,26,30H,15-20H2,1-2H3. The van der Waals surface area contributed by atoms with Gasteiger partial charge in [0.1, 0.15) is 0 Å². The van der Waals surface area contributed by atoms with Gasteiger partial charge < -0.3 is 15.1 Å². The molecule has 0 radical (unpaired) electrons. The Labute approximate surface area is 207 Å². The number of nitrogens with zero attached hydrogens (tertiary/aromatic N) is 3. The van der Waals surface area contributed by atoms with E-state index in [1.807, 2.05) is 70.5 Å². The average Bonchev–Trinajstić information content (AvgIpc) is 2.87. The molecule has 35 heavy (non-hydrogen) atoms. The third-order valence-electron chi connectivity index (χ3n) is 7.30. The van der Waals surface area contributed by atoms with Crippen LogP contribution >= 0.6 is 0 Å². The van der Waals surface area contributed by atoms with Gasteiger partial charge in [0.05, 0.1) is 0 Å². The van der Waals surface area contributed by atoms with Gasteiger partial charge >= 0.3 is 0 Å². The van der Waals surface area contributed by atoms with Gasteiger partial charge in [-0.05, 0) is 67.4 Å². The summed E-state index contributed by atoms with van der Waals surface area (Å²) in [7, 11) is 0. The van der Waals surface area contributed by atoms with Crippen molar-refractivity contribution in [1.29, 1.82) is 0 Å². The van der Waals surface area contributed by atoms with Gasteiger partial charge in [0.15, 0.2) is 0 Å². The summed E-state index contributed by atoms with van der Waals surface area (Å²) < 4.78 is 0. The molecule has 6 nitrogen and oxygen atoms in total. The first kappa shape index (κ1) is 23.1. The number of carbonyl (C=O) groups is 2. The van der Waals surface area contributed by atoms with Crippen LogP contribution in [0.2, 0.25) is 0 Å². The number of amides is 2. The summed E-state index contributed by atoms with van der Waals surface area (Å²) in [4.78, 5) is 31.9. The molecule has 0 spiro atoms. The lowest BCUT2D eigenvalue weighted by atomic mass is 10.0. The number of rotatable bonds is 5. The Morgan fingerprint density at radius 3 is 2.03 bits per heavy atom. The fourth-order valence-electron chi connectivity index (χ4n) is 4.83. The molecule has 180 valence electrons. The van der Waals surface area contributed by atoms with E-state index >= 15 is 0 Å². The Hall–Kier alpha value is -3.64. The maximum absolute atomic E-state index is 13.0. The molecule has 0 saturated carbocycles. The van der Waals surface area contributed by atoms with Crippen molar-refractivity contribution in [3.8, 4) is 0 Å². The van der Waals surface area contributed by atoms with Crippen molar-refractivity contribution in [3.05, 3.63) is 95.1 Å². The number of hydrogen-bond donors (Lipinski definition) is 1. The summed E-state index contributed by atoms with van der Waals surface area (Å²) in [6.45, 7) is 8.86. The highest BCUT2D eigenvalue weighted by Crippen LogP contribution is 2.24. The summed E-state index contributed by atoms with van der Waals surface area (Å²) in [5.74, 6) is 0.184. The van der Waals surface area contributed by atoms with E-state index in [1.54, 1.807) is 0 Å². The minimum atomic E-state index is 0.0810. The zero-order chi connectivity index (χ0) is 24.4. The Kier molecular flexibility index (Phi) is 6.55. The molecule has 2 saturated heterocycles. The molecule has 2 amide bonds. The van der Waals surface area contributed by atoms with Gasteiger partial charge in [-0.3, -0.25) is 14.5 Å². The normalized spacial score (nSPS) is 16.6. The minimum absolute atomic E-state index is 0.0810. The van der Waals surface area contributed by atoms with Crippen LogP contribution in [-0.2, 0) is 0 Å². The second-order valence-corrected chi connectivity index (χ2v) is 9.51. The van der Waals surface area contributed by atoms with Crippen LogP contribution in [0.15, 0.2) is 72.8 Å². The predicted molar refractivity (Wildman–Crippen MR) is 139 cm³/mol. The van der Waals surface area contributed by atoms with Crippen LogP contribution in [0.5, 0.6) is 0 Å². The van der Waals surface area contributed by atoms with Crippen molar-refractivity contribution >= 4 is 23.2 Å². The molecular formula is C29H32N4O2. The van der Waals surface area contributed by atoms with Crippen LogP contribution in [0, 0.1) is 13.8 Å². The van der Waals surface area contributed by atoms with Crippen molar-refractivity contribution < 1.29 is 9.59 Å². The highest BCUT2D eigenvalue weighted by Gasteiger charge is 2.37. The van der Waals surface area contributed by atoms with E-state index in [1.165, 1.54) is 11.1 Å². The quantitative estimate of drug-likeness (QED) is 0.606. The SMILES string of the molecule is Cc1cccc(Nc2ccc(C(=O)N3CC(N4CCN(C(=O)c5ccccc5)CC4)C3)cc2)c1C. The van der Waals surface area contributed by atoms with Gasteiger partial charge in [-0.2, -0.15) is 0 Å². The van der Waals surface area contributed by atoms with E-state index in [0.29, 0.717) is 11.6 Å². The Balaban J connectivity index is 1.10. The molecule has 0 unspecified atom stereocenters. The molecule has 3 aromatic carbocycles. The summed E-state index contributed by atoms with van der Waals surface area (Å²) >= 11 is 0. The number of hydrogen-bond acceptors (Lipinski definition) is 4. The van der Waals surface area contributed by atoms with Crippen LogP contribution in [-0.4, -0.2) is 71.8 Å². The van der Waals surface area contributed by atoms with Crippen molar-refractivity contribution in [3.63, 3.8) is 0 Å². The molecule has 6 heteroatoms. The number of likely N-dealkylation sites (tertiary alicyclic amines) is 1. The largest absolute Gasteiger partial charge is 0.355 e. The maximum Gasteiger partial charge on any atom is 0.253 e. The number of piperazine rings is 1. The van der Waals surface area contributed by atoms with Gasteiger partial charge in [0, 0.05) is 67.8 Å². The second-order valence-electron chi connectivity index (χ2n) is 9.51. The molecular weight excluding hydrogens is 436 g/mol.